The molecule has 6 rings (SSSR count). The summed E-state index contributed by atoms with van der Waals surface area (Å²) in [6.07, 6.45) is 22.7. The van der Waals surface area contributed by atoms with Gasteiger partial charge in [-0.15, -0.1) is 24.8 Å². The van der Waals surface area contributed by atoms with Crippen LogP contribution in [0.25, 0.3) is 0 Å². The molecule has 71 heavy (non-hydrogen) atoms. The van der Waals surface area contributed by atoms with Crippen molar-refractivity contribution in [2.24, 2.45) is 29.4 Å². The summed E-state index contributed by atoms with van der Waals surface area (Å²) in [6, 6.07) is 1.12. The maximum Gasteiger partial charge on any atom is 0.407 e. The topological polar surface area (TPSA) is 211 Å². The van der Waals surface area contributed by atoms with Crippen LogP contribution in [0.5, 0.6) is 0 Å². The number of carbonyl (C=O) groups is 3. The number of ether oxygens (including phenoxy) is 3. The van der Waals surface area contributed by atoms with Crippen LogP contribution in [-0.2, 0) is 28.5 Å². The number of aliphatic hydroxyl groups is 1. The summed E-state index contributed by atoms with van der Waals surface area (Å²) in [5.74, 6) is 2.43. The zero-order valence-electron chi connectivity index (χ0n) is 45.7. The van der Waals surface area contributed by atoms with Gasteiger partial charge in [-0.05, 0) is 241 Å². The van der Waals surface area contributed by atoms with Gasteiger partial charge in [-0.1, -0.05) is 0 Å². The van der Waals surface area contributed by atoms with E-state index in [0.29, 0.717) is 18.0 Å². The van der Waals surface area contributed by atoms with Crippen LogP contribution in [0.15, 0.2) is 0 Å². The van der Waals surface area contributed by atoms with Crippen molar-refractivity contribution in [3.05, 3.63) is 0 Å². The molecule has 0 radical (unpaired) electrons. The minimum absolute atomic E-state index is 0. The highest BCUT2D eigenvalue weighted by Crippen LogP contribution is 2.29. The number of hydrogen-bond donors (Lipinski definition) is 5. The number of carbonyl (C=O) groups excluding carboxylic acids is 3. The minimum atomic E-state index is -3.37. The third-order valence-corrected chi connectivity index (χ3v) is 14.4. The fourth-order valence-electron chi connectivity index (χ4n) is 10.1. The van der Waals surface area contributed by atoms with E-state index in [1.165, 1.54) is 103 Å². The molecule has 4 aliphatic carbocycles. The zero-order chi connectivity index (χ0) is 51.3. The SMILES string of the molecule is CC(C)(C)OC(=O)NC1CCC(CN2CCCC2)CC1.CC(C)(C)OC(=O)NC1CCC(CO)CC1.CC(C)(C)OC(=O)NC1CCC(COS(C)(=O)=O)CC1.Cl.Cl.NC1CCC(CN2CCCC2)CC1. The van der Waals surface area contributed by atoms with E-state index in [4.69, 9.17) is 29.2 Å². The summed E-state index contributed by atoms with van der Waals surface area (Å²) >= 11 is 0. The first-order valence-corrected chi connectivity index (χ1v) is 28.7. The molecule has 4 saturated carbocycles. The fraction of sp³-hybridized carbons (Fsp3) is 0.942. The molecule has 0 aromatic carbocycles. The van der Waals surface area contributed by atoms with E-state index < -0.39 is 33.0 Å². The maximum atomic E-state index is 11.7. The molecule has 2 aliphatic heterocycles. The average Bonchev–Trinajstić information content (AvgIpc) is 3.96. The number of nitrogens with zero attached hydrogens (tertiary/aromatic N) is 2. The van der Waals surface area contributed by atoms with E-state index >= 15 is 0 Å². The number of hydrogen-bond acceptors (Lipinski definition) is 13. The van der Waals surface area contributed by atoms with Gasteiger partial charge < -0.3 is 50.8 Å². The number of halogens is 2. The maximum absolute atomic E-state index is 11.7. The molecule has 2 heterocycles. The van der Waals surface area contributed by atoms with Crippen molar-refractivity contribution < 1.29 is 46.3 Å². The van der Waals surface area contributed by atoms with Crippen LogP contribution in [0.2, 0.25) is 0 Å². The number of nitrogens with one attached hydrogen (secondary N) is 3. The van der Waals surface area contributed by atoms with Crippen molar-refractivity contribution in [1.29, 1.82) is 0 Å². The Labute approximate surface area is 443 Å². The van der Waals surface area contributed by atoms with Crippen LogP contribution in [0.4, 0.5) is 14.4 Å². The Bertz CT molecular complexity index is 1570. The molecule has 2 saturated heterocycles. The Morgan fingerprint density at radius 1 is 0.507 bits per heavy atom. The highest BCUT2D eigenvalue weighted by atomic mass is 35.5. The molecule has 16 nitrogen and oxygen atoms in total. The van der Waals surface area contributed by atoms with Crippen molar-refractivity contribution in [3.8, 4) is 0 Å². The summed E-state index contributed by atoms with van der Waals surface area (Å²) in [7, 11) is -3.37. The van der Waals surface area contributed by atoms with Crippen LogP contribution >= 0.6 is 24.8 Å². The number of rotatable bonds is 11. The number of nitrogens with two attached hydrogens (primary N) is 1. The van der Waals surface area contributed by atoms with Gasteiger partial charge >= 0.3 is 18.3 Å². The predicted molar refractivity (Wildman–Crippen MR) is 289 cm³/mol. The number of aliphatic hydroxyl groups excluding tert-OH is 1. The van der Waals surface area contributed by atoms with Crippen LogP contribution in [0.3, 0.4) is 0 Å². The van der Waals surface area contributed by atoms with Gasteiger partial charge in [0.05, 0.1) is 12.9 Å². The number of alkyl carbamates (subject to hydrolysis) is 3. The van der Waals surface area contributed by atoms with Crippen molar-refractivity contribution in [1.82, 2.24) is 25.8 Å². The summed E-state index contributed by atoms with van der Waals surface area (Å²) in [6.45, 7) is 25.1. The first-order valence-electron chi connectivity index (χ1n) is 26.9. The Kier molecular flexibility index (Phi) is 31.4. The van der Waals surface area contributed by atoms with Crippen molar-refractivity contribution in [3.63, 3.8) is 0 Å². The standard InChI is InChI=1S/C16H30N2O2.C13H25NO5S.C12H23NO3.C11H22N2.2ClH/c1-16(2,3)20-15(19)17-14-8-6-13(7-9-14)12-18-10-4-5-11-18;1-13(2,3)19-12(15)14-11-7-5-10(6-8-11)9-18-20(4,16)17;1-12(2,3)16-11(15)13-10-6-4-9(8-14)5-7-10;12-11-5-3-10(4-6-11)9-13-7-1-2-8-13;;/h13-14H,4-12H2,1-3H3,(H,17,19);10-11H,5-9H2,1-4H3,(H,14,15);9-10,14H,4-8H2,1-3H3,(H,13,15);10-11H,1-9,12H2;2*1H. The van der Waals surface area contributed by atoms with E-state index in [0.717, 1.165) is 82.3 Å². The second-order valence-corrected chi connectivity index (χ2v) is 25.7. The fourth-order valence-corrected chi connectivity index (χ4v) is 10.6. The molecule has 0 unspecified atom stereocenters. The molecule has 19 heteroatoms. The molecule has 6 aliphatic rings. The lowest BCUT2D eigenvalue weighted by atomic mass is 9.86. The molecule has 3 amide bonds. The van der Waals surface area contributed by atoms with Gasteiger partial charge in [-0.25, -0.2) is 14.4 Å². The quantitative estimate of drug-likeness (QED) is 0.0965. The third kappa shape index (κ3) is 32.9. The van der Waals surface area contributed by atoms with E-state index in [1.54, 1.807) is 0 Å². The van der Waals surface area contributed by atoms with Crippen LogP contribution in [0, 0.1) is 23.7 Å². The first kappa shape index (κ1) is 67.2. The molecule has 420 valence electrons. The van der Waals surface area contributed by atoms with Gasteiger partial charge in [0.25, 0.3) is 10.1 Å². The average molecular weight is 1070 g/mol. The van der Waals surface area contributed by atoms with Crippen molar-refractivity contribution in [2.75, 3.05) is 58.7 Å². The summed E-state index contributed by atoms with van der Waals surface area (Å²) in [5, 5.41) is 17.7. The summed E-state index contributed by atoms with van der Waals surface area (Å²) in [5.41, 5.74) is 4.55. The third-order valence-electron chi connectivity index (χ3n) is 13.8. The minimum Gasteiger partial charge on any atom is -0.444 e. The van der Waals surface area contributed by atoms with E-state index in [9.17, 15) is 22.8 Å². The monoisotopic (exact) mass is 1070 g/mol. The molecule has 0 spiro atoms. The zero-order valence-corrected chi connectivity index (χ0v) is 48.2. The van der Waals surface area contributed by atoms with Gasteiger partial charge in [0, 0.05) is 43.9 Å². The molecule has 0 aromatic rings. The number of likely N-dealkylation sites (tertiary alicyclic amines) is 2. The lowest BCUT2D eigenvalue weighted by Gasteiger charge is -2.32. The predicted octanol–water partition coefficient (Wildman–Crippen LogP) is 9.72. The lowest BCUT2D eigenvalue weighted by molar-refractivity contribution is 0.0470. The van der Waals surface area contributed by atoms with Gasteiger partial charge in [0.1, 0.15) is 16.8 Å². The Balaban J connectivity index is 0.000000474. The second-order valence-electron chi connectivity index (χ2n) is 24.1. The molecular formula is C52H102Cl2N6O10S. The van der Waals surface area contributed by atoms with Gasteiger partial charge in [0.15, 0.2) is 0 Å². The number of amides is 3. The van der Waals surface area contributed by atoms with Gasteiger partial charge in [0.2, 0.25) is 0 Å². The van der Waals surface area contributed by atoms with Crippen LogP contribution in [-0.4, -0.2) is 141 Å². The summed E-state index contributed by atoms with van der Waals surface area (Å²) in [4.78, 5) is 40.1. The Morgan fingerprint density at radius 2 is 0.789 bits per heavy atom. The van der Waals surface area contributed by atoms with E-state index in [1.807, 2.05) is 62.3 Å². The Morgan fingerprint density at radius 3 is 1.07 bits per heavy atom. The second kappa shape index (κ2) is 33.2. The molecular weight excluding hydrogens is 972 g/mol. The van der Waals surface area contributed by atoms with Crippen LogP contribution in [0.1, 0.15) is 191 Å². The highest BCUT2D eigenvalue weighted by molar-refractivity contribution is 7.85. The molecule has 6 fully saturated rings. The molecule has 0 atom stereocenters. The van der Waals surface area contributed by atoms with Crippen LogP contribution < -0.4 is 21.7 Å². The van der Waals surface area contributed by atoms with E-state index in [-0.39, 0.29) is 68.2 Å². The normalized spacial score (nSPS) is 27.4. The largest absolute Gasteiger partial charge is 0.444 e. The molecule has 0 aromatic heterocycles. The summed E-state index contributed by atoms with van der Waals surface area (Å²) < 4.78 is 42.4. The van der Waals surface area contributed by atoms with Gasteiger partial charge in [-0.2, -0.15) is 8.42 Å². The molecule has 0 bridgehead atoms. The Hall–Kier alpha value is -1.86. The van der Waals surface area contributed by atoms with Gasteiger partial charge in [-0.3, -0.25) is 4.18 Å². The highest BCUT2D eigenvalue weighted by Gasteiger charge is 2.29. The van der Waals surface area contributed by atoms with E-state index in [2.05, 4.69) is 25.8 Å². The molecule has 6 N–H and O–H groups in total. The van der Waals surface area contributed by atoms with Crippen molar-refractivity contribution >= 4 is 53.2 Å². The first-order chi connectivity index (χ1) is 32.2. The lowest BCUT2D eigenvalue weighted by Crippen LogP contribution is -2.42. The van der Waals surface area contributed by atoms with Crippen molar-refractivity contribution in [2.45, 2.75) is 232 Å². The smallest absolute Gasteiger partial charge is 0.407 e.